The Labute approximate surface area is 442 Å². The zero-order valence-electron chi connectivity index (χ0n) is 41.7. The fourth-order valence-electron chi connectivity index (χ4n) is 8.14. The van der Waals surface area contributed by atoms with Crippen molar-refractivity contribution in [2.75, 3.05) is 44.3 Å². The highest BCUT2D eigenvalue weighted by atomic mass is 35.5. The van der Waals surface area contributed by atoms with Crippen molar-refractivity contribution in [2.45, 2.75) is 76.8 Å². The molecule has 388 valence electrons. The van der Waals surface area contributed by atoms with Gasteiger partial charge in [0.05, 0.1) is 68.2 Å². The number of aromatic nitrogens is 8. The molecule has 0 aliphatic carbocycles. The van der Waals surface area contributed by atoms with Crippen LogP contribution in [0.4, 0.5) is 10.2 Å². The zero-order chi connectivity index (χ0) is 53.1. The molecule has 0 aromatic carbocycles. The molecule has 0 bridgehead atoms. The first-order valence-electron chi connectivity index (χ1n) is 24.2. The maximum atomic E-state index is 13.2. The maximum Gasteiger partial charge on any atom is 0.213 e. The van der Waals surface area contributed by atoms with Crippen LogP contribution in [0.5, 0.6) is 23.3 Å². The molecule has 3 N–H and O–H groups in total. The molecule has 2 aliphatic heterocycles. The van der Waals surface area contributed by atoms with E-state index in [2.05, 4.69) is 47.5 Å². The summed E-state index contributed by atoms with van der Waals surface area (Å²) in [7, 11) is 0. The Morgan fingerprint density at radius 2 is 1.13 bits per heavy atom. The summed E-state index contributed by atoms with van der Waals surface area (Å²) >= 11 is 13.3. The molecule has 0 saturated carbocycles. The van der Waals surface area contributed by atoms with E-state index < -0.39 is 17.1 Å². The van der Waals surface area contributed by atoms with Gasteiger partial charge in [0, 0.05) is 85.1 Å². The third-order valence-electron chi connectivity index (χ3n) is 11.8. The van der Waals surface area contributed by atoms with Crippen LogP contribution in [-0.2, 0) is 0 Å². The van der Waals surface area contributed by atoms with Gasteiger partial charge in [-0.3, -0.25) is 0 Å². The van der Waals surface area contributed by atoms with Gasteiger partial charge in [-0.05, 0) is 90.0 Å². The standard InChI is InChI=1S/C27H27ClN6O3.C17H14ClFN4O2.C10H14N2O/c1-27(2,35)17-36-21-16-34-26(19(13-29)15-32-34)24(25(21)28)18-6-7-22(31-14-18)33-11-8-20(9-12-33)37-23-5-3-4-10-30-23;1-17(2,24)9-25-12-8-23-16(11(5-20)7-22-23)14(15(12)18)10-3-4-13(19)21-6-10;1-2-6-12-10(3-1)13-9-4-7-11-8-5-9/h3-7,10,14-16,20,35H,8-9,11-12,17H2,1-2H3;3-4,6-8,24H,9H2,1-2H3;1-3,6,9,11H,4-5,7-8H2. The van der Waals surface area contributed by atoms with Crippen molar-refractivity contribution in [1.29, 1.82) is 10.5 Å². The van der Waals surface area contributed by atoms with E-state index in [9.17, 15) is 25.1 Å². The van der Waals surface area contributed by atoms with Crippen LogP contribution in [-0.4, -0.2) is 112 Å². The fraction of sp³-hybridized carbons (Fsp3) is 0.333. The van der Waals surface area contributed by atoms with Crippen molar-refractivity contribution in [3.63, 3.8) is 0 Å². The van der Waals surface area contributed by atoms with Gasteiger partial charge in [-0.25, -0.2) is 29.0 Å². The second kappa shape index (κ2) is 24.1. The summed E-state index contributed by atoms with van der Waals surface area (Å²) < 4.78 is 39.3. The Hall–Kier alpha value is -7.65. The topological polar surface area (TPSA) is 226 Å². The van der Waals surface area contributed by atoms with Crippen LogP contribution in [0.3, 0.4) is 0 Å². The molecule has 75 heavy (non-hydrogen) atoms. The largest absolute Gasteiger partial charge is 0.487 e. The van der Waals surface area contributed by atoms with Crippen LogP contribution < -0.4 is 29.2 Å². The molecule has 10 rings (SSSR count). The second-order valence-electron chi connectivity index (χ2n) is 19.0. The number of hydrogen-bond acceptors (Lipinski definition) is 16. The zero-order valence-corrected chi connectivity index (χ0v) is 43.2. The van der Waals surface area contributed by atoms with E-state index in [1.54, 1.807) is 57.0 Å². The number of fused-ring (bicyclic) bond motifs is 2. The van der Waals surface area contributed by atoms with Crippen molar-refractivity contribution < 1.29 is 33.6 Å². The first-order valence-corrected chi connectivity index (χ1v) is 24.9. The SMILES string of the molecule is CC(C)(O)COc1cn2ncc(C#N)c2c(-c2ccc(F)nc2)c1Cl.CC(C)(O)COc1cn2ncc(C#N)c2c(-c2ccc(N3CCC(Oc4ccccn4)CC3)nc2)c1Cl.c1ccc(OC2CCNCC2)nc1. The van der Waals surface area contributed by atoms with Crippen molar-refractivity contribution in [3.8, 4) is 57.7 Å². The van der Waals surface area contributed by atoms with E-state index in [4.69, 9.17) is 47.1 Å². The molecule has 2 saturated heterocycles. The molecule has 2 aliphatic rings. The van der Waals surface area contributed by atoms with Crippen molar-refractivity contribution in [3.05, 3.63) is 137 Å². The molecular formula is C54H55Cl2FN12O6. The normalized spacial score (nSPS) is 14.2. The Balaban J connectivity index is 0.000000168. The number of nitrogens with zero attached hydrogens (tertiary/aromatic N) is 11. The molecule has 0 unspecified atom stereocenters. The Morgan fingerprint density at radius 1 is 0.653 bits per heavy atom. The maximum absolute atomic E-state index is 13.2. The molecule has 0 atom stereocenters. The summed E-state index contributed by atoms with van der Waals surface area (Å²) in [5, 5.41) is 51.2. The summed E-state index contributed by atoms with van der Waals surface area (Å²) in [4.78, 5) is 19.0. The van der Waals surface area contributed by atoms with Crippen LogP contribution >= 0.6 is 23.2 Å². The van der Waals surface area contributed by atoms with Gasteiger partial charge < -0.3 is 39.4 Å². The van der Waals surface area contributed by atoms with Gasteiger partial charge in [0.1, 0.15) is 43.4 Å². The Bertz CT molecular complexity index is 3250. The van der Waals surface area contributed by atoms with Crippen LogP contribution in [0.2, 0.25) is 10.0 Å². The smallest absolute Gasteiger partial charge is 0.213 e. The van der Waals surface area contributed by atoms with Crippen LogP contribution in [0, 0.1) is 28.6 Å². The van der Waals surface area contributed by atoms with E-state index in [-0.39, 0.29) is 30.1 Å². The van der Waals surface area contributed by atoms with Crippen LogP contribution in [0.15, 0.2) is 110 Å². The molecule has 2 fully saturated rings. The summed E-state index contributed by atoms with van der Waals surface area (Å²) in [6.07, 6.45) is 17.0. The Kier molecular flexibility index (Phi) is 17.3. The monoisotopic (exact) mass is 1060 g/mol. The first-order chi connectivity index (χ1) is 36.1. The highest BCUT2D eigenvalue weighted by Crippen LogP contribution is 2.42. The van der Waals surface area contributed by atoms with E-state index in [0.717, 1.165) is 69.1 Å². The summed E-state index contributed by atoms with van der Waals surface area (Å²) in [6, 6.07) is 22.3. The van der Waals surface area contributed by atoms with E-state index in [0.29, 0.717) is 61.6 Å². The third-order valence-corrected chi connectivity index (χ3v) is 12.5. The predicted octanol–water partition coefficient (Wildman–Crippen LogP) is 8.94. The quantitative estimate of drug-likeness (QED) is 0.0916. The van der Waals surface area contributed by atoms with Gasteiger partial charge in [-0.2, -0.15) is 25.1 Å². The highest BCUT2D eigenvalue weighted by Gasteiger charge is 2.26. The minimum atomic E-state index is -1.06. The lowest BCUT2D eigenvalue weighted by Crippen LogP contribution is -2.38. The fourth-order valence-corrected chi connectivity index (χ4v) is 8.75. The van der Waals surface area contributed by atoms with Crippen LogP contribution in [0.1, 0.15) is 64.5 Å². The first kappa shape index (κ1) is 53.6. The molecule has 0 spiro atoms. The number of hydrogen-bond donors (Lipinski definition) is 3. The van der Waals surface area contributed by atoms with Gasteiger partial charge in [0.2, 0.25) is 17.7 Å². The van der Waals surface area contributed by atoms with Crippen LogP contribution in [0.25, 0.3) is 33.3 Å². The lowest BCUT2D eigenvalue weighted by molar-refractivity contribution is 0.0280. The van der Waals surface area contributed by atoms with Gasteiger partial charge in [-0.15, -0.1) is 0 Å². The van der Waals surface area contributed by atoms with E-state index in [1.807, 2.05) is 48.5 Å². The lowest BCUT2D eigenvalue weighted by Gasteiger charge is -2.32. The van der Waals surface area contributed by atoms with Crippen molar-refractivity contribution >= 4 is 40.1 Å². The second-order valence-corrected chi connectivity index (χ2v) is 19.7. The predicted molar refractivity (Wildman–Crippen MR) is 281 cm³/mol. The summed E-state index contributed by atoms with van der Waals surface area (Å²) in [5.41, 5.74) is 1.96. The average molecular weight is 1060 g/mol. The molecule has 10 heterocycles. The van der Waals surface area contributed by atoms with E-state index >= 15 is 0 Å². The summed E-state index contributed by atoms with van der Waals surface area (Å²) in [5.74, 6) is 2.27. The van der Waals surface area contributed by atoms with Gasteiger partial charge in [-0.1, -0.05) is 35.3 Å². The number of rotatable bonds is 13. The number of pyridine rings is 6. The van der Waals surface area contributed by atoms with Crippen molar-refractivity contribution in [1.82, 2.24) is 44.5 Å². The molecule has 18 nitrogen and oxygen atoms in total. The number of ether oxygens (including phenoxy) is 4. The van der Waals surface area contributed by atoms with Gasteiger partial charge >= 0.3 is 0 Å². The molecule has 0 radical (unpaired) electrons. The average Bonchev–Trinajstić information content (AvgIpc) is 4.02. The number of nitriles is 2. The van der Waals surface area contributed by atoms with Crippen molar-refractivity contribution in [2.24, 2.45) is 0 Å². The van der Waals surface area contributed by atoms with Gasteiger partial charge in [0.15, 0.2) is 11.5 Å². The summed E-state index contributed by atoms with van der Waals surface area (Å²) in [6.45, 7) is 10.3. The molecular weight excluding hydrogens is 1000 g/mol. The minimum Gasteiger partial charge on any atom is -0.487 e. The number of nitrogens with one attached hydrogen (secondary N) is 1. The number of piperidine rings is 2. The number of aliphatic hydroxyl groups is 2. The number of halogens is 3. The van der Waals surface area contributed by atoms with E-state index in [1.165, 1.54) is 41.4 Å². The lowest BCUT2D eigenvalue weighted by atomic mass is 10.0. The molecule has 21 heteroatoms. The number of anilines is 1. The minimum absolute atomic E-state index is 0.00566. The molecule has 0 amide bonds. The Morgan fingerprint density at radius 3 is 1.55 bits per heavy atom. The molecule has 8 aromatic heterocycles. The highest BCUT2D eigenvalue weighted by molar-refractivity contribution is 6.36. The van der Waals surface area contributed by atoms with Gasteiger partial charge in [0.25, 0.3) is 0 Å². The molecule has 8 aromatic rings. The third kappa shape index (κ3) is 13.9.